The molecule has 0 unspecified atom stereocenters. The monoisotopic (exact) mass is 425 g/mol. The van der Waals surface area contributed by atoms with Crippen molar-refractivity contribution in [3.8, 4) is 11.5 Å². The summed E-state index contributed by atoms with van der Waals surface area (Å²) >= 11 is 3.48. The molecule has 2 heterocycles. The van der Waals surface area contributed by atoms with Crippen molar-refractivity contribution < 1.29 is 19.0 Å². The first kappa shape index (κ1) is 17.5. The van der Waals surface area contributed by atoms with Gasteiger partial charge in [0.25, 0.3) is 0 Å². The smallest absolute Gasteiger partial charge is 0.331 e. The maximum Gasteiger partial charge on any atom is 0.331 e. The fourth-order valence-electron chi connectivity index (χ4n) is 2.83. The number of benzene rings is 2. The van der Waals surface area contributed by atoms with Crippen molar-refractivity contribution >= 4 is 38.9 Å². The van der Waals surface area contributed by atoms with Crippen molar-refractivity contribution in [2.75, 3.05) is 13.2 Å². The normalized spacial score (nSPS) is 13.1. The number of fused-ring (bicyclic) bond motifs is 2. The average molecular weight is 426 g/mol. The maximum atomic E-state index is 12.1. The molecule has 5 nitrogen and oxygen atoms in total. The molecule has 0 saturated carbocycles. The Balaban J connectivity index is 1.45. The summed E-state index contributed by atoms with van der Waals surface area (Å²) in [6.45, 7) is 1.17. The molecule has 136 valence electrons. The Kier molecular flexibility index (Phi) is 5.07. The topological polar surface area (TPSA) is 57.7 Å². The molecular formula is C21H16BrNO4. The molecule has 1 aliphatic rings. The number of halogens is 1. The zero-order chi connectivity index (χ0) is 18.6. The second kappa shape index (κ2) is 7.80. The van der Waals surface area contributed by atoms with Crippen LogP contribution in [-0.4, -0.2) is 24.2 Å². The Bertz CT molecular complexity index is 1030. The van der Waals surface area contributed by atoms with E-state index in [2.05, 4.69) is 20.9 Å². The Morgan fingerprint density at radius 1 is 1.15 bits per heavy atom. The molecule has 0 atom stereocenters. The van der Waals surface area contributed by atoms with Crippen LogP contribution in [0.2, 0.25) is 0 Å². The molecule has 2 aromatic carbocycles. The van der Waals surface area contributed by atoms with Gasteiger partial charge in [0.15, 0.2) is 11.5 Å². The van der Waals surface area contributed by atoms with Crippen LogP contribution in [0.15, 0.2) is 59.2 Å². The summed E-state index contributed by atoms with van der Waals surface area (Å²) in [4.78, 5) is 16.5. The molecule has 3 aromatic rings. The second-order valence-corrected chi connectivity index (χ2v) is 6.81. The zero-order valence-corrected chi connectivity index (χ0v) is 15.9. The van der Waals surface area contributed by atoms with E-state index in [9.17, 15) is 4.79 Å². The van der Waals surface area contributed by atoms with Gasteiger partial charge in [-0.3, -0.25) is 4.98 Å². The molecule has 4 rings (SSSR count). The Hall–Kier alpha value is -2.86. The van der Waals surface area contributed by atoms with Crippen molar-refractivity contribution in [1.29, 1.82) is 0 Å². The lowest BCUT2D eigenvalue weighted by Gasteiger charge is -2.19. The number of nitrogens with zero attached hydrogens (tertiary/aromatic N) is 1. The van der Waals surface area contributed by atoms with Crippen molar-refractivity contribution in [3.05, 3.63) is 70.3 Å². The van der Waals surface area contributed by atoms with Gasteiger partial charge in [-0.25, -0.2) is 4.79 Å². The molecule has 0 radical (unpaired) electrons. The van der Waals surface area contributed by atoms with E-state index in [4.69, 9.17) is 14.2 Å². The Morgan fingerprint density at radius 2 is 1.93 bits per heavy atom. The minimum absolute atomic E-state index is 0.133. The lowest BCUT2D eigenvalue weighted by Crippen LogP contribution is -2.15. The van der Waals surface area contributed by atoms with Crippen LogP contribution in [0.4, 0.5) is 0 Å². The van der Waals surface area contributed by atoms with E-state index in [0.29, 0.717) is 24.7 Å². The summed E-state index contributed by atoms with van der Waals surface area (Å²) in [6.07, 6.45) is 4.86. The highest BCUT2D eigenvalue weighted by Gasteiger charge is 2.15. The summed E-state index contributed by atoms with van der Waals surface area (Å²) in [6, 6.07) is 13.3. The lowest BCUT2D eigenvalue weighted by molar-refractivity contribution is -0.138. The third kappa shape index (κ3) is 3.95. The van der Waals surface area contributed by atoms with Gasteiger partial charge in [-0.2, -0.15) is 0 Å². The predicted octanol–water partition coefficient (Wildman–Crippen LogP) is 4.53. The number of carbonyl (C=O) groups excluding carboxylic acids is 1. The summed E-state index contributed by atoms with van der Waals surface area (Å²) in [5.74, 6) is 0.921. The van der Waals surface area contributed by atoms with Gasteiger partial charge in [0.1, 0.15) is 19.8 Å². The predicted molar refractivity (Wildman–Crippen MR) is 106 cm³/mol. The number of pyridine rings is 1. The maximum absolute atomic E-state index is 12.1. The van der Waals surface area contributed by atoms with Crippen LogP contribution in [0.5, 0.6) is 11.5 Å². The van der Waals surface area contributed by atoms with E-state index in [-0.39, 0.29) is 6.61 Å². The van der Waals surface area contributed by atoms with Gasteiger partial charge in [0.05, 0.1) is 5.52 Å². The van der Waals surface area contributed by atoms with Crippen LogP contribution < -0.4 is 9.47 Å². The van der Waals surface area contributed by atoms with Gasteiger partial charge >= 0.3 is 5.97 Å². The van der Waals surface area contributed by atoms with Gasteiger partial charge in [-0.1, -0.05) is 40.2 Å². The fourth-order valence-corrected chi connectivity index (χ4v) is 3.27. The van der Waals surface area contributed by atoms with Crippen LogP contribution in [0, 0.1) is 0 Å². The van der Waals surface area contributed by atoms with E-state index >= 15 is 0 Å². The molecule has 0 N–H and O–H groups in total. The first-order chi connectivity index (χ1) is 13.2. The van der Waals surface area contributed by atoms with Crippen molar-refractivity contribution in [2.24, 2.45) is 0 Å². The fraction of sp³-hybridized carbons (Fsp3) is 0.143. The van der Waals surface area contributed by atoms with Gasteiger partial charge in [-0.05, 0) is 24.3 Å². The summed E-state index contributed by atoms with van der Waals surface area (Å²) in [7, 11) is 0. The zero-order valence-electron chi connectivity index (χ0n) is 14.4. The minimum Gasteiger partial charge on any atom is -0.486 e. The highest BCUT2D eigenvalue weighted by molar-refractivity contribution is 9.10. The quantitative estimate of drug-likeness (QED) is 0.454. The van der Waals surface area contributed by atoms with Gasteiger partial charge in [0.2, 0.25) is 0 Å². The molecule has 0 aliphatic carbocycles. The van der Waals surface area contributed by atoms with Crippen LogP contribution in [0.3, 0.4) is 0 Å². The molecule has 0 spiro atoms. The molecule has 0 saturated heterocycles. The van der Waals surface area contributed by atoms with Crippen molar-refractivity contribution in [1.82, 2.24) is 4.98 Å². The summed E-state index contributed by atoms with van der Waals surface area (Å²) < 4.78 is 17.3. The standard InChI is InChI=1S/C21H16BrNO4/c22-17-12-19-18(25-9-10-26-19)11-16(17)13-27-20(24)7-6-15-4-1-3-14-5-2-8-23-21(14)15/h1-8,11-12H,9-10,13H2/b7-6+. The Labute approximate surface area is 164 Å². The van der Waals surface area contributed by atoms with E-state index in [0.717, 1.165) is 26.5 Å². The number of rotatable bonds is 4. The highest BCUT2D eigenvalue weighted by atomic mass is 79.9. The molecule has 0 amide bonds. The van der Waals surface area contributed by atoms with Crippen LogP contribution in [0.25, 0.3) is 17.0 Å². The number of esters is 1. The largest absolute Gasteiger partial charge is 0.486 e. The van der Waals surface area contributed by atoms with Crippen LogP contribution in [-0.2, 0) is 16.1 Å². The van der Waals surface area contributed by atoms with E-state index in [1.807, 2.05) is 42.5 Å². The van der Waals surface area contributed by atoms with Gasteiger partial charge in [-0.15, -0.1) is 0 Å². The van der Waals surface area contributed by atoms with Crippen LogP contribution in [0.1, 0.15) is 11.1 Å². The van der Waals surface area contributed by atoms with Crippen molar-refractivity contribution in [2.45, 2.75) is 6.61 Å². The summed E-state index contributed by atoms with van der Waals surface area (Å²) in [5.41, 5.74) is 2.53. The van der Waals surface area contributed by atoms with E-state index in [1.165, 1.54) is 6.08 Å². The Morgan fingerprint density at radius 3 is 2.78 bits per heavy atom. The van der Waals surface area contributed by atoms with Gasteiger partial charge < -0.3 is 14.2 Å². The van der Waals surface area contributed by atoms with Crippen LogP contribution >= 0.6 is 15.9 Å². The molecule has 0 bridgehead atoms. The molecule has 1 aromatic heterocycles. The van der Waals surface area contributed by atoms with Gasteiger partial charge in [0, 0.05) is 33.3 Å². The van der Waals surface area contributed by atoms with E-state index < -0.39 is 5.97 Å². The molecular weight excluding hydrogens is 410 g/mol. The molecule has 27 heavy (non-hydrogen) atoms. The number of para-hydroxylation sites is 1. The SMILES string of the molecule is O=C(/C=C/c1cccc2cccnc12)OCc1cc2c(cc1Br)OCCO2. The van der Waals surface area contributed by atoms with E-state index in [1.54, 1.807) is 12.3 Å². The number of ether oxygens (including phenoxy) is 3. The third-order valence-corrected chi connectivity index (χ3v) is 4.88. The number of hydrogen-bond donors (Lipinski definition) is 0. The minimum atomic E-state index is -0.426. The second-order valence-electron chi connectivity index (χ2n) is 5.95. The van der Waals surface area contributed by atoms with Crippen molar-refractivity contribution in [3.63, 3.8) is 0 Å². The highest BCUT2D eigenvalue weighted by Crippen LogP contribution is 2.35. The lowest BCUT2D eigenvalue weighted by atomic mass is 10.1. The number of carbonyl (C=O) groups is 1. The first-order valence-corrected chi connectivity index (χ1v) is 9.26. The number of aromatic nitrogens is 1. The first-order valence-electron chi connectivity index (χ1n) is 8.47. The molecule has 0 fully saturated rings. The summed E-state index contributed by atoms with van der Waals surface area (Å²) in [5, 5.41) is 1.02. The molecule has 1 aliphatic heterocycles. The number of hydrogen-bond acceptors (Lipinski definition) is 5. The molecule has 6 heteroatoms. The average Bonchev–Trinajstić information content (AvgIpc) is 2.70. The third-order valence-electron chi connectivity index (χ3n) is 4.14.